The Hall–Kier alpha value is 0.568. The van der Waals surface area contributed by atoms with Gasteiger partial charge in [0.25, 0.3) is 5.97 Å². The van der Waals surface area contributed by atoms with Gasteiger partial charge in [-0.3, -0.25) is 4.79 Å². The van der Waals surface area contributed by atoms with E-state index in [9.17, 15) is 0 Å². The molecular weight excluding hydrogens is 302 g/mol. The second kappa shape index (κ2) is 76.0. The molecule has 0 aliphatic carbocycles. The van der Waals surface area contributed by atoms with E-state index in [1.54, 1.807) is 0 Å². The summed E-state index contributed by atoms with van der Waals surface area (Å²) in [6.07, 6.45) is 0. The molecule has 0 saturated heterocycles. The molecule has 0 bridgehead atoms. The molecule has 0 amide bonds. The molecule has 0 atom stereocenters. The van der Waals surface area contributed by atoms with Crippen LogP contribution in [0, 0.1) is 40.4 Å². The first kappa shape index (κ1) is 101. The zero-order valence-electron chi connectivity index (χ0n) is 5.76. The van der Waals surface area contributed by atoms with Crippen molar-refractivity contribution in [3.8, 4) is 0 Å². The van der Waals surface area contributed by atoms with Crippen molar-refractivity contribution in [1.82, 2.24) is 0 Å². The minimum Gasteiger partial charge on any atom is -0.481 e. The quantitative estimate of drug-likeness (QED) is 0.463. The zero-order chi connectivity index (χ0) is 3.58. The number of hydrogen-bond acceptors (Lipinski definition) is 1. The first-order valence-corrected chi connectivity index (χ1v) is 0.928. The molecule has 0 aromatic carbocycles. The summed E-state index contributed by atoms with van der Waals surface area (Å²) in [6.45, 7) is 1.08. The Morgan fingerprint density at radius 2 is 0.909 bits per heavy atom. The Balaban J connectivity index is -0.00000000214. The second-order valence-corrected chi connectivity index (χ2v) is 0.519. The van der Waals surface area contributed by atoms with Gasteiger partial charge in [-0.2, -0.15) is 0 Å². The predicted octanol–water partition coefficient (Wildman–Crippen LogP) is -4.86. The van der Waals surface area contributed by atoms with Crippen LogP contribution >= 0.6 is 0 Å². The number of aliphatic carboxylic acids is 1. The summed E-state index contributed by atoms with van der Waals surface area (Å²) < 4.78 is 0. The molecule has 0 rings (SSSR count). The third kappa shape index (κ3) is 2410. The summed E-state index contributed by atoms with van der Waals surface area (Å²) in [5, 5.41) is 7.42. The Bertz CT molecular complexity index is 35.1. The molecule has 0 aromatic heterocycles. The first-order valence-electron chi connectivity index (χ1n) is 0.928. The third-order valence-electron chi connectivity index (χ3n) is 0. The maximum Gasteiger partial charge on any atom is 0.300 e. The summed E-state index contributed by atoms with van der Waals surface area (Å²) in [6, 6.07) is 0. The van der Waals surface area contributed by atoms with Crippen LogP contribution < -0.4 is 0 Å². The normalized spacial score (nSPS) is 2.27. The number of rotatable bonds is 0. The molecule has 0 radical (unpaired) electrons. The summed E-state index contributed by atoms with van der Waals surface area (Å²) in [5.74, 6) is -0.833. The number of hydrogen-bond donors (Lipinski definition) is 1. The summed E-state index contributed by atoms with van der Waals surface area (Å²) in [5.41, 5.74) is 0. The van der Waals surface area contributed by atoms with Gasteiger partial charge in [-0.25, -0.2) is 0 Å². The molecule has 0 aromatic rings. The number of carboxylic acid groups (broad SMARTS) is 1. The number of carbonyl (C=O) groups is 1. The Morgan fingerprint density at radius 3 is 0.909 bits per heavy atom. The van der Waals surface area contributed by atoms with Crippen molar-refractivity contribution in [2.75, 3.05) is 0 Å². The van der Waals surface area contributed by atoms with Crippen LogP contribution in [-0.2, 0) is 4.79 Å². The topological polar surface area (TPSA) is 226 Å². The third-order valence-corrected chi connectivity index (χ3v) is 0. The maximum atomic E-state index is 9.00. The van der Waals surface area contributed by atoms with Crippen molar-refractivity contribution in [2.24, 2.45) is 0 Å². The van der Waals surface area contributed by atoms with E-state index in [-0.39, 0.29) is 73.2 Å². The molecule has 78 valence electrons. The Labute approximate surface area is 95.6 Å². The van der Waals surface area contributed by atoms with Crippen LogP contribution in [0.15, 0.2) is 0 Å². The molecule has 8 nitrogen and oxygen atoms in total. The second-order valence-electron chi connectivity index (χ2n) is 0.519. The minimum atomic E-state index is -0.833. The summed E-state index contributed by atoms with van der Waals surface area (Å²) >= 11 is 0. The molecule has 0 fully saturated rings. The van der Waals surface area contributed by atoms with E-state index in [2.05, 4.69) is 0 Å². The molecule has 0 saturated carbocycles. The molecule has 11 heavy (non-hydrogen) atoms. The summed E-state index contributed by atoms with van der Waals surface area (Å²) in [7, 11) is 0. The van der Waals surface area contributed by atoms with Crippen LogP contribution in [0.2, 0.25) is 0 Å². The molecule has 0 aliphatic heterocycles. The maximum absolute atomic E-state index is 9.00. The van der Waals surface area contributed by atoms with Gasteiger partial charge in [-0.05, 0) is 0 Å². The average Bonchev–Trinajstić information content (AvgIpc) is 0.811. The van der Waals surface area contributed by atoms with Gasteiger partial charge in [0.2, 0.25) is 0 Å². The van der Waals surface area contributed by atoms with Crippen LogP contribution in [0.5, 0.6) is 0 Å². The van der Waals surface area contributed by atoms with Crippen molar-refractivity contribution < 1.29 is 83.1 Å². The van der Waals surface area contributed by atoms with Crippen molar-refractivity contribution in [2.45, 2.75) is 6.92 Å². The van der Waals surface area contributed by atoms with E-state index in [0.29, 0.717) is 0 Å². The molecule has 0 spiro atoms. The smallest absolute Gasteiger partial charge is 0.300 e. The van der Waals surface area contributed by atoms with Gasteiger partial charge in [0.1, 0.15) is 0 Å². The monoisotopic (exact) mass is 320 g/mol. The van der Waals surface area contributed by atoms with Gasteiger partial charge < -0.3 is 38.0 Å². The van der Waals surface area contributed by atoms with E-state index in [1.165, 1.54) is 0 Å². The van der Waals surface area contributed by atoms with E-state index < -0.39 is 5.97 Å². The fourth-order valence-electron chi connectivity index (χ4n) is 0. The first-order chi connectivity index (χ1) is 1.73. The van der Waals surface area contributed by atoms with Crippen molar-refractivity contribution >= 4 is 5.97 Å². The summed E-state index contributed by atoms with van der Waals surface area (Å²) in [4.78, 5) is 9.00. The van der Waals surface area contributed by atoms with Crippen molar-refractivity contribution in [3.63, 3.8) is 0 Å². The van der Waals surface area contributed by atoms with E-state index in [0.717, 1.165) is 6.92 Å². The fourth-order valence-corrected chi connectivity index (χ4v) is 0. The van der Waals surface area contributed by atoms with Crippen LogP contribution in [0.1, 0.15) is 6.92 Å². The standard InChI is InChI=1S/C2H4O2.6H2O.Sm/c1-2(3)4;;;;;;;/h1H3,(H,3,4);6*1H2;. The van der Waals surface area contributed by atoms with E-state index in [1.807, 2.05) is 0 Å². The van der Waals surface area contributed by atoms with Gasteiger partial charge in [0.05, 0.1) is 0 Å². The zero-order valence-corrected chi connectivity index (χ0v) is 8.38. The van der Waals surface area contributed by atoms with Gasteiger partial charge >= 0.3 is 0 Å². The largest absolute Gasteiger partial charge is 0.481 e. The van der Waals surface area contributed by atoms with Crippen molar-refractivity contribution in [3.05, 3.63) is 0 Å². The van der Waals surface area contributed by atoms with Crippen LogP contribution in [0.25, 0.3) is 0 Å². The fraction of sp³-hybridized carbons (Fsp3) is 0.500. The Morgan fingerprint density at radius 1 is 0.909 bits per heavy atom. The molecule has 0 aliphatic rings. The molecule has 13 N–H and O–H groups in total. The van der Waals surface area contributed by atoms with Crippen LogP contribution in [-0.4, -0.2) is 43.9 Å². The SMILES string of the molecule is CC(=O)O.O.O.O.O.O.O.[Sm]. The van der Waals surface area contributed by atoms with Gasteiger partial charge in [-0.15, -0.1) is 0 Å². The van der Waals surface area contributed by atoms with Gasteiger partial charge in [-0.1, -0.05) is 0 Å². The molecule has 9 heteroatoms. The van der Waals surface area contributed by atoms with Crippen molar-refractivity contribution in [1.29, 1.82) is 0 Å². The predicted molar refractivity (Wildman–Crippen MR) is 35.0 cm³/mol. The number of carboxylic acids is 1. The minimum absolute atomic E-state index is 0. The molecule has 0 unspecified atom stereocenters. The Kier molecular flexibility index (Phi) is 701. The van der Waals surface area contributed by atoms with Gasteiger partial charge in [0, 0.05) is 47.3 Å². The van der Waals surface area contributed by atoms with Crippen LogP contribution in [0.4, 0.5) is 0 Å². The van der Waals surface area contributed by atoms with Gasteiger partial charge in [0.15, 0.2) is 0 Å². The van der Waals surface area contributed by atoms with E-state index >= 15 is 0 Å². The molecule has 0 heterocycles. The van der Waals surface area contributed by atoms with E-state index in [4.69, 9.17) is 9.90 Å². The molecular formula is C2H16O8Sm. The van der Waals surface area contributed by atoms with Crippen LogP contribution in [0.3, 0.4) is 0 Å². The average molecular weight is 319 g/mol.